The number of hydrogen-bond donors (Lipinski definition) is 2. The van der Waals surface area contributed by atoms with Crippen LogP contribution in [0.15, 0.2) is 35.5 Å². The van der Waals surface area contributed by atoms with Crippen molar-refractivity contribution in [3.05, 3.63) is 35.9 Å². The molecule has 0 aliphatic rings. The Labute approximate surface area is 139 Å². The Morgan fingerprint density at radius 3 is 2.61 bits per heavy atom. The first-order valence-electron chi connectivity index (χ1n) is 6.87. The number of amides is 1. The van der Waals surface area contributed by atoms with Crippen LogP contribution in [0.25, 0.3) is 0 Å². The molecule has 0 spiro atoms. The molecule has 8 heteroatoms. The lowest BCUT2D eigenvalue weighted by Crippen LogP contribution is -2.27. The largest absolute Gasteiger partial charge is 0.497 e. The van der Waals surface area contributed by atoms with Crippen molar-refractivity contribution in [3.8, 4) is 5.75 Å². The third kappa shape index (κ3) is 5.03. The van der Waals surface area contributed by atoms with Crippen molar-refractivity contribution in [3.63, 3.8) is 0 Å². The van der Waals surface area contributed by atoms with Crippen LogP contribution in [0.4, 0.5) is 11.6 Å². The number of hydrogen-bond acceptors (Lipinski definition) is 7. The van der Waals surface area contributed by atoms with E-state index in [0.717, 1.165) is 11.3 Å². The van der Waals surface area contributed by atoms with Crippen molar-refractivity contribution in [1.29, 1.82) is 0 Å². The van der Waals surface area contributed by atoms with Gasteiger partial charge in [-0.2, -0.15) is 0 Å². The van der Waals surface area contributed by atoms with Crippen LogP contribution in [0.1, 0.15) is 5.56 Å². The molecule has 0 saturated heterocycles. The third-order valence-electron chi connectivity index (χ3n) is 3.05. The lowest BCUT2D eigenvalue weighted by atomic mass is 10.2. The van der Waals surface area contributed by atoms with Crippen LogP contribution in [0, 0.1) is 0 Å². The Bertz CT molecular complexity index is 675. The monoisotopic (exact) mass is 333 g/mol. The number of nitrogens with zero attached hydrogens (tertiary/aromatic N) is 3. The fourth-order valence-electron chi connectivity index (χ4n) is 1.90. The molecule has 0 bridgehead atoms. The van der Waals surface area contributed by atoms with Crippen LogP contribution < -0.4 is 16.2 Å². The van der Waals surface area contributed by atoms with Crippen molar-refractivity contribution in [2.75, 3.05) is 31.4 Å². The number of nitrogens with two attached hydrogens (primary N) is 2. The van der Waals surface area contributed by atoms with Gasteiger partial charge in [0.25, 0.3) is 0 Å². The molecule has 1 heterocycles. The van der Waals surface area contributed by atoms with Gasteiger partial charge in [-0.25, -0.2) is 9.97 Å². The van der Waals surface area contributed by atoms with Crippen molar-refractivity contribution in [1.82, 2.24) is 14.9 Å². The second-order valence-corrected chi connectivity index (χ2v) is 5.83. The highest BCUT2D eigenvalue weighted by atomic mass is 32.2. The normalized spacial score (nSPS) is 10.3. The molecule has 1 amide bonds. The summed E-state index contributed by atoms with van der Waals surface area (Å²) in [5, 5.41) is 0.394. The first kappa shape index (κ1) is 16.9. The zero-order valence-corrected chi connectivity index (χ0v) is 13.8. The maximum absolute atomic E-state index is 12.2. The van der Waals surface area contributed by atoms with Gasteiger partial charge in [0.1, 0.15) is 17.4 Å². The van der Waals surface area contributed by atoms with Gasteiger partial charge in [-0.1, -0.05) is 23.9 Å². The lowest BCUT2D eigenvalue weighted by Gasteiger charge is -2.17. The van der Waals surface area contributed by atoms with E-state index in [9.17, 15) is 4.79 Å². The molecule has 0 aliphatic heterocycles. The van der Waals surface area contributed by atoms with E-state index in [4.69, 9.17) is 16.2 Å². The van der Waals surface area contributed by atoms with Crippen molar-refractivity contribution in [2.45, 2.75) is 11.7 Å². The molecular weight excluding hydrogens is 314 g/mol. The number of carbonyl (C=O) groups is 1. The van der Waals surface area contributed by atoms with Crippen LogP contribution >= 0.6 is 11.8 Å². The molecule has 0 fully saturated rings. The quantitative estimate of drug-likeness (QED) is 0.607. The van der Waals surface area contributed by atoms with Gasteiger partial charge in [0.15, 0.2) is 5.16 Å². The smallest absolute Gasteiger partial charge is 0.233 e. The van der Waals surface area contributed by atoms with Crippen LogP contribution in [0.5, 0.6) is 5.75 Å². The van der Waals surface area contributed by atoms with E-state index in [2.05, 4.69) is 9.97 Å². The highest BCUT2D eigenvalue weighted by Crippen LogP contribution is 2.18. The first-order valence-corrected chi connectivity index (χ1v) is 7.86. The molecule has 2 aromatic rings. The summed E-state index contributed by atoms with van der Waals surface area (Å²) in [6, 6.07) is 9.08. The molecule has 122 valence electrons. The van der Waals surface area contributed by atoms with E-state index in [0.29, 0.717) is 11.7 Å². The molecule has 0 aliphatic carbocycles. The highest BCUT2D eigenvalue weighted by molar-refractivity contribution is 7.99. The summed E-state index contributed by atoms with van der Waals surface area (Å²) in [4.78, 5) is 21.9. The number of ether oxygens (including phenoxy) is 1. The molecule has 23 heavy (non-hydrogen) atoms. The predicted molar refractivity (Wildman–Crippen MR) is 91.0 cm³/mol. The maximum Gasteiger partial charge on any atom is 0.233 e. The van der Waals surface area contributed by atoms with Crippen LogP contribution in [-0.2, 0) is 11.3 Å². The van der Waals surface area contributed by atoms with Gasteiger partial charge in [0, 0.05) is 19.7 Å². The van der Waals surface area contributed by atoms with E-state index in [1.807, 2.05) is 24.3 Å². The van der Waals surface area contributed by atoms with Crippen LogP contribution in [-0.4, -0.2) is 40.7 Å². The van der Waals surface area contributed by atoms with Gasteiger partial charge in [-0.3, -0.25) is 4.79 Å². The van der Waals surface area contributed by atoms with Gasteiger partial charge in [0.2, 0.25) is 5.91 Å². The molecule has 0 atom stereocenters. The average Bonchev–Trinajstić information content (AvgIpc) is 2.51. The molecule has 7 nitrogen and oxygen atoms in total. The molecule has 1 aromatic heterocycles. The number of rotatable bonds is 6. The Balaban J connectivity index is 1.91. The minimum Gasteiger partial charge on any atom is -0.497 e. The Hall–Kier alpha value is -2.48. The Morgan fingerprint density at radius 1 is 1.26 bits per heavy atom. The molecule has 0 saturated carbocycles. The van der Waals surface area contributed by atoms with Gasteiger partial charge in [0.05, 0.1) is 12.9 Å². The molecule has 1 aromatic carbocycles. The average molecular weight is 333 g/mol. The number of carbonyl (C=O) groups excluding carboxylic acids is 1. The van der Waals surface area contributed by atoms with Crippen molar-refractivity contribution in [2.24, 2.45) is 0 Å². The molecular formula is C15H19N5O2S. The zero-order chi connectivity index (χ0) is 16.8. The fourth-order valence-corrected chi connectivity index (χ4v) is 2.71. The summed E-state index contributed by atoms with van der Waals surface area (Å²) in [5.41, 5.74) is 12.2. The van der Waals surface area contributed by atoms with E-state index in [1.165, 1.54) is 17.8 Å². The first-order chi connectivity index (χ1) is 11.0. The summed E-state index contributed by atoms with van der Waals surface area (Å²) in [6.45, 7) is 0.497. The molecule has 4 N–H and O–H groups in total. The summed E-state index contributed by atoms with van der Waals surface area (Å²) >= 11 is 1.21. The second kappa shape index (κ2) is 7.68. The minimum atomic E-state index is -0.0394. The number of methoxy groups -OCH3 is 1. The Morgan fingerprint density at radius 2 is 1.96 bits per heavy atom. The SMILES string of the molecule is COc1cccc(CN(C)C(=O)CSc2nc(N)cc(N)n2)c1. The highest BCUT2D eigenvalue weighted by Gasteiger charge is 2.12. The third-order valence-corrected chi connectivity index (χ3v) is 3.88. The van der Waals surface area contributed by atoms with E-state index >= 15 is 0 Å². The van der Waals surface area contributed by atoms with Gasteiger partial charge < -0.3 is 21.1 Å². The predicted octanol–water partition coefficient (Wildman–Crippen LogP) is 1.40. The summed E-state index contributed by atoms with van der Waals surface area (Å²) in [5.74, 6) is 1.52. The number of thioether (sulfide) groups is 1. The number of benzene rings is 1. The number of aromatic nitrogens is 2. The van der Waals surface area contributed by atoms with Crippen molar-refractivity contribution >= 4 is 29.3 Å². The topological polar surface area (TPSA) is 107 Å². The zero-order valence-electron chi connectivity index (χ0n) is 13.0. The minimum absolute atomic E-state index is 0.0394. The van der Waals surface area contributed by atoms with E-state index in [1.54, 1.807) is 19.1 Å². The van der Waals surface area contributed by atoms with E-state index < -0.39 is 0 Å². The van der Waals surface area contributed by atoms with Crippen LogP contribution in [0.3, 0.4) is 0 Å². The van der Waals surface area contributed by atoms with Gasteiger partial charge in [-0.15, -0.1) is 0 Å². The number of nitrogen functional groups attached to an aromatic ring is 2. The summed E-state index contributed by atoms with van der Waals surface area (Å²) < 4.78 is 5.18. The standard InChI is InChI=1S/C15H19N5O2S/c1-20(8-10-4-3-5-11(6-10)22-2)14(21)9-23-15-18-12(16)7-13(17)19-15/h3-7H,8-9H2,1-2H3,(H4,16,17,18,19). The van der Waals surface area contributed by atoms with Gasteiger partial charge in [-0.05, 0) is 17.7 Å². The van der Waals surface area contributed by atoms with Crippen molar-refractivity contribution < 1.29 is 9.53 Å². The van der Waals surface area contributed by atoms with Gasteiger partial charge >= 0.3 is 0 Å². The Kier molecular flexibility index (Phi) is 5.64. The lowest BCUT2D eigenvalue weighted by molar-refractivity contribution is -0.127. The second-order valence-electron chi connectivity index (χ2n) is 4.89. The summed E-state index contributed by atoms with van der Waals surface area (Å²) in [6.07, 6.45) is 0. The molecule has 0 unspecified atom stereocenters. The fraction of sp³-hybridized carbons (Fsp3) is 0.267. The molecule has 2 rings (SSSR count). The number of anilines is 2. The molecule has 0 radical (unpaired) electrons. The maximum atomic E-state index is 12.2. The summed E-state index contributed by atoms with van der Waals surface area (Å²) in [7, 11) is 3.36. The van der Waals surface area contributed by atoms with E-state index in [-0.39, 0.29) is 23.3 Å². The van der Waals surface area contributed by atoms with Crippen LogP contribution in [0.2, 0.25) is 0 Å².